The maximum Gasteiger partial charge on any atom is 0.432 e. The van der Waals surface area contributed by atoms with E-state index in [2.05, 4.69) is 15.1 Å². The Morgan fingerprint density at radius 3 is 2.76 bits per heavy atom. The van der Waals surface area contributed by atoms with E-state index in [1.165, 1.54) is 0 Å². The van der Waals surface area contributed by atoms with Gasteiger partial charge in [0.15, 0.2) is 0 Å². The maximum atomic E-state index is 12.7. The van der Waals surface area contributed by atoms with Gasteiger partial charge >= 0.3 is 6.18 Å². The summed E-state index contributed by atoms with van der Waals surface area (Å²) < 4.78 is 39.8. The molecule has 1 N–H and O–H groups in total. The van der Waals surface area contributed by atoms with E-state index in [9.17, 15) is 18.0 Å². The summed E-state index contributed by atoms with van der Waals surface area (Å²) in [5, 5.41) is 4.28. The second-order valence-corrected chi connectivity index (χ2v) is 6.44. The van der Waals surface area contributed by atoms with Crippen molar-refractivity contribution in [3.05, 3.63) is 35.2 Å². The lowest BCUT2D eigenvalue weighted by Gasteiger charge is -2.32. The number of nitrogens with one attached hydrogen (secondary N) is 1. The van der Waals surface area contributed by atoms with Gasteiger partial charge in [-0.25, -0.2) is 4.98 Å². The van der Waals surface area contributed by atoms with Gasteiger partial charge in [0.1, 0.15) is 18.1 Å². The Morgan fingerprint density at radius 1 is 1.40 bits per heavy atom. The van der Waals surface area contributed by atoms with Crippen molar-refractivity contribution in [1.29, 1.82) is 0 Å². The zero-order valence-corrected chi connectivity index (χ0v) is 14.1. The van der Waals surface area contributed by atoms with Gasteiger partial charge in [-0.1, -0.05) is 0 Å². The standard InChI is InChI=1S/C16H20F3N5O/c1-10-6-11(2)24(22-10)9-14(25)23-5-3-4-12(8-23)15-20-7-13(21-15)16(17,18)19/h6-7,12H,3-5,8-9H2,1-2H3,(H,20,21)/t12-/m1/s1. The van der Waals surface area contributed by atoms with E-state index in [1.807, 2.05) is 19.9 Å². The average Bonchev–Trinajstić information content (AvgIpc) is 3.14. The number of aromatic nitrogens is 4. The number of amides is 1. The molecule has 1 amide bonds. The molecule has 0 aromatic carbocycles. The number of aryl methyl sites for hydroxylation is 2. The Hall–Kier alpha value is -2.32. The minimum Gasteiger partial charge on any atom is -0.340 e. The minimum atomic E-state index is -4.44. The maximum absolute atomic E-state index is 12.7. The molecule has 1 atom stereocenters. The number of carbonyl (C=O) groups excluding carboxylic acids is 1. The predicted octanol–water partition coefficient (Wildman–Crippen LogP) is 2.65. The summed E-state index contributed by atoms with van der Waals surface area (Å²) in [6.45, 7) is 4.84. The van der Waals surface area contributed by atoms with Crippen LogP contribution in [0.2, 0.25) is 0 Å². The van der Waals surface area contributed by atoms with Crippen molar-refractivity contribution in [3.63, 3.8) is 0 Å². The van der Waals surface area contributed by atoms with Crippen molar-refractivity contribution in [2.75, 3.05) is 13.1 Å². The molecule has 3 rings (SSSR count). The number of hydrogen-bond acceptors (Lipinski definition) is 3. The van der Waals surface area contributed by atoms with Crippen LogP contribution in [0.5, 0.6) is 0 Å². The number of rotatable bonds is 3. The van der Waals surface area contributed by atoms with Crippen LogP contribution in [0, 0.1) is 13.8 Å². The van der Waals surface area contributed by atoms with Gasteiger partial charge in [0.05, 0.1) is 11.9 Å². The van der Waals surface area contributed by atoms with Crippen molar-refractivity contribution < 1.29 is 18.0 Å². The summed E-state index contributed by atoms with van der Waals surface area (Å²) in [6.07, 6.45) is -2.19. The van der Waals surface area contributed by atoms with Crippen molar-refractivity contribution in [1.82, 2.24) is 24.6 Å². The number of hydrogen-bond donors (Lipinski definition) is 1. The van der Waals surface area contributed by atoms with E-state index in [0.29, 0.717) is 19.5 Å². The molecule has 0 unspecified atom stereocenters. The summed E-state index contributed by atoms with van der Waals surface area (Å²) in [4.78, 5) is 20.4. The first-order chi connectivity index (χ1) is 11.7. The summed E-state index contributed by atoms with van der Waals surface area (Å²) >= 11 is 0. The van der Waals surface area contributed by atoms with E-state index < -0.39 is 11.9 Å². The molecule has 1 aliphatic rings. The summed E-state index contributed by atoms with van der Waals surface area (Å²) in [5.41, 5.74) is 0.894. The summed E-state index contributed by atoms with van der Waals surface area (Å²) in [7, 11) is 0. The van der Waals surface area contributed by atoms with Gasteiger partial charge in [-0.05, 0) is 32.8 Å². The molecule has 6 nitrogen and oxygen atoms in total. The Morgan fingerprint density at radius 2 is 2.16 bits per heavy atom. The number of imidazole rings is 1. The molecule has 0 spiro atoms. The zero-order chi connectivity index (χ0) is 18.2. The number of H-pyrrole nitrogens is 1. The molecular weight excluding hydrogens is 335 g/mol. The van der Waals surface area contributed by atoms with Crippen molar-refractivity contribution in [2.45, 2.75) is 45.3 Å². The molecule has 2 aromatic rings. The zero-order valence-electron chi connectivity index (χ0n) is 14.1. The number of nitrogens with zero attached hydrogens (tertiary/aromatic N) is 4. The molecule has 25 heavy (non-hydrogen) atoms. The first-order valence-electron chi connectivity index (χ1n) is 8.15. The minimum absolute atomic E-state index is 0.0847. The number of likely N-dealkylation sites (tertiary alicyclic amines) is 1. The first-order valence-corrected chi connectivity index (χ1v) is 8.15. The van der Waals surface area contributed by atoms with Crippen LogP contribution in [0.15, 0.2) is 12.3 Å². The molecule has 3 heterocycles. The molecule has 2 aromatic heterocycles. The SMILES string of the molecule is Cc1cc(C)n(CC(=O)N2CCC[C@@H](c3ncc(C(F)(F)F)[nH]3)C2)n1. The lowest BCUT2D eigenvalue weighted by molar-refractivity contribution is -0.141. The number of carbonyl (C=O) groups is 1. The predicted molar refractivity (Wildman–Crippen MR) is 83.8 cm³/mol. The lowest BCUT2D eigenvalue weighted by atomic mass is 9.97. The average molecular weight is 355 g/mol. The highest BCUT2D eigenvalue weighted by molar-refractivity contribution is 5.76. The number of halogens is 3. The van der Waals surface area contributed by atoms with Gasteiger partial charge < -0.3 is 9.88 Å². The third-order valence-corrected chi connectivity index (χ3v) is 4.45. The van der Waals surface area contributed by atoms with Crippen LogP contribution in [0.3, 0.4) is 0 Å². The Kier molecular flexibility index (Phi) is 4.57. The van der Waals surface area contributed by atoms with Crippen LogP contribution in [0.25, 0.3) is 0 Å². The largest absolute Gasteiger partial charge is 0.432 e. The lowest BCUT2D eigenvalue weighted by Crippen LogP contribution is -2.41. The van der Waals surface area contributed by atoms with Crippen LogP contribution < -0.4 is 0 Å². The molecule has 9 heteroatoms. The van der Waals surface area contributed by atoms with E-state index >= 15 is 0 Å². The Balaban J connectivity index is 1.67. The molecule has 0 saturated carbocycles. The van der Waals surface area contributed by atoms with Gasteiger partial charge in [0.2, 0.25) is 5.91 Å². The molecule has 1 fully saturated rings. The summed E-state index contributed by atoms with van der Waals surface area (Å²) in [6, 6.07) is 1.90. The van der Waals surface area contributed by atoms with Crippen molar-refractivity contribution >= 4 is 5.91 Å². The van der Waals surface area contributed by atoms with E-state index in [-0.39, 0.29) is 24.2 Å². The van der Waals surface area contributed by atoms with Gasteiger partial charge in [-0.15, -0.1) is 0 Å². The van der Waals surface area contributed by atoms with Crippen LogP contribution >= 0.6 is 0 Å². The first kappa shape index (κ1) is 17.5. The van der Waals surface area contributed by atoms with E-state index in [1.54, 1.807) is 9.58 Å². The van der Waals surface area contributed by atoms with E-state index in [4.69, 9.17) is 0 Å². The smallest absolute Gasteiger partial charge is 0.340 e. The van der Waals surface area contributed by atoms with Crippen LogP contribution in [-0.4, -0.2) is 43.6 Å². The Labute approximate surface area is 143 Å². The quantitative estimate of drug-likeness (QED) is 0.920. The van der Waals surface area contributed by atoms with Gasteiger partial charge in [0, 0.05) is 24.7 Å². The van der Waals surface area contributed by atoms with Crippen LogP contribution in [0.4, 0.5) is 13.2 Å². The summed E-state index contributed by atoms with van der Waals surface area (Å²) in [5.74, 6) is -0.0105. The number of aromatic amines is 1. The second-order valence-electron chi connectivity index (χ2n) is 6.44. The van der Waals surface area contributed by atoms with E-state index in [0.717, 1.165) is 24.0 Å². The third kappa shape index (κ3) is 3.85. The monoisotopic (exact) mass is 355 g/mol. The van der Waals surface area contributed by atoms with Gasteiger partial charge in [-0.2, -0.15) is 18.3 Å². The molecule has 0 aliphatic carbocycles. The van der Waals surface area contributed by atoms with Crippen LogP contribution in [0.1, 0.15) is 41.7 Å². The fourth-order valence-electron chi connectivity index (χ4n) is 3.18. The topological polar surface area (TPSA) is 66.8 Å². The highest BCUT2D eigenvalue weighted by Gasteiger charge is 2.34. The van der Waals surface area contributed by atoms with Crippen molar-refractivity contribution in [2.24, 2.45) is 0 Å². The fourth-order valence-corrected chi connectivity index (χ4v) is 3.18. The van der Waals surface area contributed by atoms with Gasteiger partial charge in [0.25, 0.3) is 0 Å². The molecule has 136 valence electrons. The number of piperidine rings is 1. The normalized spacial score (nSPS) is 18.6. The van der Waals surface area contributed by atoms with Crippen LogP contribution in [-0.2, 0) is 17.5 Å². The van der Waals surface area contributed by atoms with Crippen molar-refractivity contribution in [3.8, 4) is 0 Å². The Bertz CT molecular complexity index is 764. The fraction of sp³-hybridized carbons (Fsp3) is 0.562. The second kappa shape index (κ2) is 6.53. The van der Waals surface area contributed by atoms with Gasteiger partial charge in [-0.3, -0.25) is 9.48 Å². The highest BCUT2D eigenvalue weighted by atomic mass is 19.4. The molecule has 0 radical (unpaired) electrons. The third-order valence-electron chi connectivity index (χ3n) is 4.45. The molecular formula is C16H20F3N5O. The molecule has 1 aliphatic heterocycles. The molecule has 0 bridgehead atoms. The molecule has 1 saturated heterocycles. The number of alkyl halides is 3. The highest BCUT2D eigenvalue weighted by Crippen LogP contribution is 2.31.